The summed E-state index contributed by atoms with van der Waals surface area (Å²) < 4.78 is 17.2. The van der Waals surface area contributed by atoms with Gasteiger partial charge in [-0.25, -0.2) is 0 Å². The minimum absolute atomic E-state index is 0.0474. The number of carbonyl (C=O) groups excluding carboxylic acids is 2. The molecule has 1 unspecified atom stereocenters. The fourth-order valence-electron chi connectivity index (χ4n) is 4.68. The summed E-state index contributed by atoms with van der Waals surface area (Å²) in [4.78, 5) is 27.9. The van der Waals surface area contributed by atoms with Gasteiger partial charge in [0.25, 0.3) is 11.7 Å². The van der Waals surface area contributed by atoms with E-state index in [-0.39, 0.29) is 11.3 Å². The molecule has 0 spiro atoms. The molecule has 0 bridgehead atoms. The molecule has 1 saturated heterocycles. The van der Waals surface area contributed by atoms with Crippen molar-refractivity contribution in [1.29, 1.82) is 0 Å². The van der Waals surface area contributed by atoms with E-state index in [1.807, 2.05) is 51.1 Å². The van der Waals surface area contributed by atoms with Crippen molar-refractivity contribution in [1.82, 2.24) is 4.90 Å². The number of hydrogen-bond acceptors (Lipinski definition) is 6. The Bertz CT molecular complexity index is 1350. The zero-order valence-electron chi connectivity index (χ0n) is 22.2. The second-order valence-electron chi connectivity index (χ2n) is 9.09. The maximum atomic E-state index is 13.3. The number of ketones is 1. The largest absolute Gasteiger partial charge is 0.507 e. The third-order valence-electron chi connectivity index (χ3n) is 6.49. The summed E-state index contributed by atoms with van der Waals surface area (Å²) in [6.07, 6.45) is 0.652. The van der Waals surface area contributed by atoms with Gasteiger partial charge in [-0.2, -0.15) is 0 Å². The number of amides is 1. The van der Waals surface area contributed by atoms with Gasteiger partial charge in [-0.3, -0.25) is 9.59 Å². The number of Topliss-reactive ketones (excluding diaryl/α,β-unsaturated/α-hetero) is 1. The van der Waals surface area contributed by atoms with Crippen LogP contribution in [-0.4, -0.2) is 42.0 Å². The van der Waals surface area contributed by atoms with Crippen molar-refractivity contribution in [3.63, 3.8) is 0 Å². The minimum Gasteiger partial charge on any atom is -0.507 e. The summed E-state index contributed by atoms with van der Waals surface area (Å²) in [6, 6.07) is 19.5. The second-order valence-corrected chi connectivity index (χ2v) is 9.09. The van der Waals surface area contributed by atoms with Crippen LogP contribution in [0.4, 0.5) is 0 Å². The van der Waals surface area contributed by atoms with Crippen LogP contribution in [0.1, 0.15) is 48.6 Å². The molecule has 0 aliphatic carbocycles. The molecule has 0 saturated carbocycles. The molecule has 3 aromatic carbocycles. The van der Waals surface area contributed by atoms with Crippen LogP contribution in [0.25, 0.3) is 5.76 Å². The lowest BCUT2D eigenvalue weighted by Crippen LogP contribution is -2.30. The number of aliphatic hydroxyl groups is 1. The third kappa shape index (κ3) is 5.37. The number of likely N-dealkylation sites (tertiary alicyclic amines) is 1. The number of benzene rings is 3. The lowest BCUT2D eigenvalue weighted by atomic mass is 9.94. The van der Waals surface area contributed by atoms with Crippen LogP contribution in [0.5, 0.6) is 17.2 Å². The Morgan fingerprint density at radius 1 is 0.921 bits per heavy atom. The van der Waals surface area contributed by atoms with Gasteiger partial charge in [0, 0.05) is 12.1 Å². The molecule has 38 heavy (non-hydrogen) atoms. The van der Waals surface area contributed by atoms with E-state index in [2.05, 4.69) is 0 Å². The van der Waals surface area contributed by atoms with Crippen molar-refractivity contribution in [2.75, 3.05) is 20.3 Å². The molecule has 3 aromatic rings. The predicted octanol–water partition coefficient (Wildman–Crippen LogP) is 5.81. The summed E-state index contributed by atoms with van der Waals surface area (Å²) in [5, 5.41) is 11.4. The smallest absolute Gasteiger partial charge is 0.295 e. The molecule has 1 atom stereocenters. The maximum Gasteiger partial charge on any atom is 0.295 e. The lowest BCUT2D eigenvalue weighted by Gasteiger charge is -2.25. The Morgan fingerprint density at radius 3 is 2.32 bits per heavy atom. The number of carbonyl (C=O) groups is 2. The molecule has 1 aliphatic heterocycles. The first kappa shape index (κ1) is 26.8. The van der Waals surface area contributed by atoms with Gasteiger partial charge in [-0.05, 0) is 67.3 Å². The number of ether oxygens (including phenoxy) is 3. The van der Waals surface area contributed by atoms with Gasteiger partial charge in [0.05, 0.1) is 25.3 Å². The summed E-state index contributed by atoms with van der Waals surface area (Å²) >= 11 is 0. The first-order valence-electron chi connectivity index (χ1n) is 12.8. The van der Waals surface area contributed by atoms with Crippen molar-refractivity contribution in [3.05, 3.63) is 94.6 Å². The first-order chi connectivity index (χ1) is 18.4. The Balaban J connectivity index is 1.79. The number of aryl methyl sites for hydroxylation is 1. The summed E-state index contributed by atoms with van der Waals surface area (Å²) in [7, 11) is 1.56. The number of aliphatic hydroxyl groups excluding tert-OH is 1. The minimum atomic E-state index is -0.771. The van der Waals surface area contributed by atoms with Gasteiger partial charge in [0.15, 0.2) is 11.5 Å². The molecule has 7 nitrogen and oxygen atoms in total. The highest BCUT2D eigenvalue weighted by Gasteiger charge is 2.46. The van der Waals surface area contributed by atoms with Crippen LogP contribution in [0.2, 0.25) is 0 Å². The zero-order valence-corrected chi connectivity index (χ0v) is 22.2. The summed E-state index contributed by atoms with van der Waals surface area (Å²) in [5.74, 6) is 0.133. The molecule has 1 amide bonds. The molecule has 1 N–H and O–H groups in total. The van der Waals surface area contributed by atoms with Crippen LogP contribution >= 0.6 is 0 Å². The second kappa shape index (κ2) is 11.9. The predicted molar refractivity (Wildman–Crippen MR) is 145 cm³/mol. The Hall–Kier alpha value is -4.26. The van der Waals surface area contributed by atoms with Gasteiger partial charge < -0.3 is 24.2 Å². The van der Waals surface area contributed by atoms with Crippen molar-refractivity contribution in [2.24, 2.45) is 0 Å². The average molecular weight is 516 g/mol. The topological polar surface area (TPSA) is 85.3 Å². The van der Waals surface area contributed by atoms with Crippen LogP contribution in [0.15, 0.2) is 72.3 Å². The van der Waals surface area contributed by atoms with Gasteiger partial charge in [-0.1, -0.05) is 43.3 Å². The highest BCUT2D eigenvalue weighted by Crippen LogP contribution is 2.42. The average Bonchev–Trinajstić information content (AvgIpc) is 3.18. The van der Waals surface area contributed by atoms with Crippen molar-refractivity contribution < 1.29 is 28.9 Å². The van der Waals surface area contributed by atoms with E-state index in [9.17, 15) is 14.7 Å². The Kier molecular flexibility index (Phi) is 8.36. The van der Waals surface area contributed by atoms with Gasteiger partial charge in [-0.15, -0.1) is 0 Å². The van der Waals surface area contributed by atoms with E-state index in [0.717, 1.165) is 11.1 Å². The first-order valence-corrected chi connectivity index (χ1v) is 12.8. The van der Waals surface area contributed by atoms with E-state index < -0.39 is 17.7 Å². The molecule has 1 heterocycles. The number of nitrogens with zero attached hydrogens (tertiary/aromatic N) is 1. The number of rotatable bonds is 10. The fourth-order valence-corrected chi connectivity index (χ4v) is 4.68. The monoisotopic (exact) mass is 515 g/mol. The fraction of sp³-hybridized carbons (Fsp3) is 0.290. The zero-order chi connectivity index (χ0) is 27.2. The van der Waals surface area contributed by atoms with Crippen LogP contribution < -0.4 is 14.2 Å². The molecule has 1 aliphatic rings. The molecule has 4 rings (SSSR count). The number of hydrogen-bond donors (Lipinski definition) is 1. The van der Waals surface area contributed by atoms with Crippen LogP contribution in [-0.2, 0) is 16.2 Å². The van der Waals surface area contributed by atoms with Crippen molar-refractivity contribution in [2.45, 2.75) is 39.8 Å². The highest BCUT2D eigenvalue weighted by atomic mass is 16.5. The van der Waals surface area contributed by atoms with Crippen LogP contribution in [0, 0.1) is 6.92 Å². The lowest BCUT2D eigenvalue weighted by molar-refractivity contribution is -0.139. The van der Waals surface area contributed by atoms with E-state index in [1.165, 1.54) is 4.90 Å². The standard InChI is InChI=1S/C31H33NO6/c1-5-16-32-28(22-12-15-25(36-4)26(18-22)38-19-21-10-8-7-9-11-21)27(30(34)31(32)35)29(33)23-13-14-24(37-6-2)20(3)17-23/h7-15,17-18,28,33H,5-6,16,19H2,1-4H3/b29-27-. The Morgan fingerprint density at radius 2 is 1.66 bits per heavy atom. The molecule has 198 valence electrons. The van der Waals surface area contributed by atoms with E-state index in [0.29, 0.717) is 54.6 Å². The van der Waals surface area contributed by atoms with E-state index in [4.69, 9.17) is 14.2 Å². The summed E-state index contributed by atoms with van der Waals surface area (Å²) in [6.45, 7) is 6.90. The third-order valence-corrected chi connectivity index (χ3v) is 6.49. The van der Waals surface area contributed by atoms with Gasteiger partial charge in [0.2, 0.25) is 0 Å². The normalized spacial score (nSPS) is 16.5. The molecule has 7 heteroatoms. The quantitative estimate of drug-likeness (QED) is 0.208. The molecule has 1 fully saturated rings. The van der Waals surface area contributed by atoms with Crippen LogP contribution in [0.3, 0.4) is 0 Å². The Labute approximate surface area is 223 Å². The van der Waals surface area contributed by atoms with E-state index >= 15 is 0 Å². The maximum absolute atomic E-state index is 13.3. The highest BCUT2D eigenvalue weighted by molar-refractivity contribution is 6.46. The molecule has 0 aromatic heterocycles. The van der Waals surface area contributed by atoms with Crippen molar-refractivity contribution >= 4 is 17.4 Å². The molecule has 0 radical (unpaired) electrons. The summed E-state index contributed by atoms with van der Waals surface area (Å²) in [5.41, 5.74) is 2.94. The van der Waals surface area contributed by atoms with E-state index in [1.54, 1.807) is 43.5 Å². The number of methoxy groups -OCH3 is 1. The SMILES string of the molecule is CCCN1C(=O)C(=O)/C(=C(\O)c2ccc(OCC)c(C)c2)C1c1ccc(OC)c(OCc2ccccc2)c1. The molecular weight excluding hydrogens is 482 g/mol. The van der Waals surface area contributed by atoms with Gasteiger partial charge >= 0.3 is 0 Å². The van der Waals surface area contributed by atoms with Crippen molar-refractivity contribution in [3.8, 4) is 17.2 Å². The van der Waals surface area contributed by atoms with Gasteiger partial charge in [0.1, 0.15) is 18.1 Å². The molecular formula is C31H33NO6.